The maximum Gasteiger partial charge on any atom is 0.320 e. The minimum absolute atomic E-state index is 0.324. The number of nitrogens with one attached hydrogen (secondary N) is 1. The number of benzene rings is 2. The van der Waals surface area contributed by atoms with Gasteiger partial charge in [-0.3, -0.25) is 4.79 Å². The lowest BCUT2D eigenvalue weighted by molar-refractivity contribution is -0.139. The molecule has 0 spiro atoms. The van der Waals surface area contributed by atoms with Gasteiger partial charge in [-0.2, -0.15) is 11.8 Å². The molecule has 0 bridgehead atoms. The fraction of sp³-hybridized carbons (Fsp3) is 0.381. The molecule has 0 radical (unpaired) electrons. The Hall–Kier alpha value is -1.60. The first-order valence-electron chi connectivity index (χ1n) is 9.22. The molecule has 0 saturated heterocycles. The Kier molecular flexibility index (Phi) is 9.94. The van der Waals surface area contributed by atoms with Gasteiger partial charge < -0.3 is 19.9 Å². The molecule has 0 amide bonds. The van der Waals surface area contributed by atoms with Crippen LogP contribution in [0.4, 0.5) is 0 Å². The summed E-state index contributed by atoms with van der Waals surface area (Å²) in [5.41, 5.74) is 1.78. The van der Waals surface area contributed by atoms with Crippen LogP contribution in [-0.4, -0.2) is 35.7 Å². The summed E-state index contributed by atoms with van der Waals surface area (Å²) in [5, 5.41) is 13.5. The zero-order chi connectivity index (χ0) is 21.2. The summed E-state index contributed by atoms with van der Waals surface area (Å²) >= 11 is 14.0. The maximum absolute atomic E-state index is 11.4. The number of carbonyl (C=O) groups is 1. The first-order chi connectivity index (χ1) is 13.9. The van der Waals surface area contributed by atoms with Crippen molar-refractivity contribution in [1.29, 1.82) is 0 Å². The Bertz CT molecular complexity index is 802. The van der Waals surface area contributed by atoms with Crippen LogP contribution < -0.4 is 14.8 Å². The summed E-state index contributed by atoms with van der Waals surface area (Å²) in [6.45, 7) is 3.02. The van der Waals surface area contributed by atoms with Crippen molar-refractivity contribution in [3.63, 3.8) is 0 Å². The van der Waals surface area contributed by atoms with E-state index in [1.165, 1.54) is 0 Å². The van der Waals surface area contributed by atoms with Crippen molar-refractivity contribution in [3.05, 3.63) is 57.6 Å². The van der Waals surface area contributed by atoms with Gasteiger partial charge in [0.25, 0.3) is 0 Å². The van der Waals surface area contributed by atoms with E-state index in [1.54, 1.807) is 30.0 Å². The van der Waals surface area contributed by atoms with E-state index in [9.17, 15) is 9.90 Å². The minimum atomic E-state index is -0.863. The van der Waals surface area contributed by atoms with Gasteiger partial charge in [0.15, 0.2) is 11.5 Å². The van der Waals surface area contributed by atoms with Crippen LogP contribution in [0.1, 0.15) is 24.5 Å². The van der Waals surface area contributed by atoms with E-state index in [0.717, 1.165) is 16.9 Å². The molecule has 1 unspecified atom stereocenters. The van der Waals surface area contributed by atoms with Crippen molar-refractivity contribution in [2.75, 3.05) is 18.6 Å². The number of carboxylic acids is 1. The molecule has 2 rings (SSSR count). The number of halogens is 2. The van der Waals surface area contributed by atoms with Crippen molar-refractivity contribution in [3.8, 4) is 11.5 Å². The summed E-state index contributed by atoms with van der Waals surface area (Å²) in [7, 11) is 0. The SMILES string of the molecule is CCOc1cc(CNC(CCSC)C(=O)O)cc(Cl)c1OCc1ccc(Cl)cc1. The highest BCUT2D eigenvalue weighted by molar-refractivity contribution is 7.98. The van der Waals surface area contributed by atoms with Gasteiger partial charge in [0.1, 0.15) is 12.6 Å². The van der Waals surface area contributed by atoms with Crippen LogP contribution in [0.5, 0.6) is 11.5 Å². The molecule has 2 aromatic carbocycles. The Morgan fingerprint density at radius 3 is 2.52 bits per heavy atom. The zero-order valence-electron chi connectivity index (χ0n) is 16.4. The predicted octanol–water partition coefficient (Wildman–Crippen LogP) is 5.27. The normalized spacial score (nSPS) is 11.9. The number of thioether (sulfide) groups is 1. The molecule has 0 aliphatic heterocycles. The van der Waals surface area contributed by atoms with Gasteiger partial charge in [0.2, 0.25) is 0 Å². The number of ether oxygens (including phenoxy) is 2. The molecule has 0 aliphatic carbocycles. The second kappa shape index (κ2) is 12.2. The van der Waals surface area contributed by atoms with Crippen molar-refractivity contribution >= 4 is 40.9 Å². The Labute approximate surface area is 185 Å². The van der Waals surface area contributed by atoms with E-state index in [2.05, 4.69) is 5.32 Å². The summed E-state index contributed by atoms with van der Waals surface area (Å²) < 4.78 is 11.6. The summed E-state index contributed by atoms with van der Waals surface area (Å²) in [4.78, 5) is 11.4. The monoisotopic (exact) mass is 457 g/mol. The van der Waals surface area contributed by atoms with E-state index < -0.39 is 12.0 Å². The summed E-state index contributed by atoms with van der Waals surface area (Å²) in [5.74, 6) is 0.899. The Morgan fingerprint density at radius 2 is 1.90 bits per heavy atom. The third-order valence-electron chi connectivity index (χ3n) is 4.13. The molecule has 0 heterocycles. The van der Waals surface area contributed by atoms with Crippen LogP contribution >= 0.6 is 35.0 Å². The minimum Gasteiger partial charge on any atom is -0.490 e. The van der Waals surface area contributed by atoms with Crippen molar-refractivity contribution < 1.29 is 19.4 Å². The number of hydrogen-bond donors (Lipinski definition) is 2. The Balaban J connectivity index is 2.11. The van der Waals surface area contributed by atoms with E-state index in [-0.39, 0.29) is 0 Å². The highest BCUT2D eigenvalue weighted by atomic mass is 35.5. The van der Waals surface area contributed by atoms with E-state index in [1.807, 2.05) is 31.4 Å². The van der Waals surface area contributed by atoms with Gasteiger partial charge >= 0.3 is 5.97 Å². The predicted molar refractivity (Wildman–Crippen MR) is 120 cm³/mol. The van der Waals surface area contributed by atoms with Crippen molar-refractivity contribution in [1.82, 2.24) is 5.32 Å². The van der Waals surface area contributed by atoms with Crippen LogP contribution in [0.3, 0.4) is 0 Å². The van der Waals surface area contributed by atoms with Crippen molar-refractivity contribution in [2.24, 2.45) is 0 Å². The van der Waals surface area contributed by atoms with Crippen LogP contribution in [-0.2, 0) is 17.9 Å². The second-order valence-corrected chi connectivity index (χ2v) is 8.14. The molecule has 0 fully saturated rings. The molecule has 5 nitrogen and oxygen atoms in total. The highest BCUT2D eigenvalue weighted by Crippen LogP contribution is 2.37. The summed E-state index contributed by atoms with van der Waals surface area (Å²) in [6.07, 6.45) is 2.50. The molecule has 29 heavy (non-hydrogen) atoms. The largest absolute Gasteiger partial charge is 0.490 e. The number of carboxylic acid groups (broad SMARTS) is 1. The lowest BCUT2D eigenvalue weighted by atomic mass is 10.1. The molecule has 0 saturated carbocycles. The molecule has 2 aromatic rings. The fourth-order valence-corrected chi connectivity index (χ4v) is 3.54. The topological polar surface area (TPSA) is 67.8 Å². The molecular weight excluding hydrogens is 433 g/mol. The summed E-state index contributed by atoms with van der Waals surface area (Å²) in [6, 6.07) is 10.4. The molecule has 158 valence electrons. The molecule has 8 heteroatoms. The molecule has 1 atom stereocenters. The van der Waals surface area contributed by atoms with Gasteiger partial charge in [-0.1, -0.05) is 35.3 Å². The lowest BCUT2D eigenvalue weighted by Gasteiger charge is -2.17. The second-order valence-electron chi connectivity index (χ2n) is 6.31. The van der Waals surface area contributed by atoms with E-state index in [4.69, 9.17) is 32.7 Å². The standard InChI is InChI=1S/C21H25Cl2NO4S/c1-3-27-19-11-15(12-24-18(21(25)26)8-9-29-2)10-17(23)20(19)28-13-14-4-6-16(22)7-5-14/h4-7,10-11,18,24H,3,8-9,12-13H2,1-2H3,(H,25,26). The first kappa shape index (κ1) is 23.7. The van der Waals surface area contributed by atoms with Crippen molar-refractivity contribution in [2.45, 2.75) is 32.5 Å². The van der Waals surface area contributed by atoms with E-state index >= 15 is 0 Å². The Morgan fingerprint density at radius 1 is 1.17 bits per heavy atom. The van der Waals surface area contributed by atoms with Gasteiger partial charge in [0, 0.05) is 11.6 Å². The maximum atomic E-state index is 11.4. The highest BCUT2D eigenvalue weighted by Gasteiger charge is 2.18. The van der Waals surface area contributed by atoms with Crippen LogP contribution in [0.2, 0.25) is 10.0 Å². The molecular formula is C21H25Cl2NO4S. The van der Waals surface area contributed by atoms with E-state index in [0.29, 0.717) is 47.7 Å². The van der Waals surface area contributed by atoms with Crippen LogP contribution in [0, 0.1) is 0 Å². The third kappa shape index (κ3) is 7.63. The van der Waals surface area contributed by atoms with Gasteiger partial charge in [0.05, 0.1) is 11.6 Å². The average Bonchev–Trinajstić information content (AvgIpc) is 2.68. The van der Waals surface area contributed by atoms with Crippen LogP contribution in [0.25, 0.3) is 0 Å². The molecule has 2 N–H and O–H groups in total. The third-order valence-corrected chi connectivity index (χ3v) is 5.30. The molecule has 0 aliphatic rings. The zero-order valence-corrected chi connectivity index (χ0v) is 18.7. The van der Waals surface area contributed by atoms with Crippen LogP contribution in [0.15, 0.2) is 36.4 Å². The fourth-order valence-electron chi connectivity index (χ4n) is 2.65. The number of aliphatic carboxylic acids is 1. The smallest absolute Gasteiger partial charge is 0.320 e. The average molecular weight is 458 g/mol. The number of rotatable bonds is 12. The van der Waals surface area contributed by atoms with Gasteiger partial charge in [-0.15, -0.1) is 0 Å². The quantitative estimate of drug-likeness (QED) is 0.452. The van der Waals surface area contributed by atoms with Gasteiger partial charge in [-0.05, 0) is 60.7 Å². The first-order valence-corrected chi connectivity index (χ1v) is 11.4. The lowest BCUT2D eigenvalue weighted by Crippen LogP contribution is -2.36. The molecule has 0 aromatic heterocycles. The number of hydrogen-bond acceptors (Lipinski definition) is 5. The van der Waals surface area contributed by atoms with Gasteiger partial charge in [-0.25, -0.2) is 0 Å².